The Morgan fingerprint density at radius 2 is 2.00 bits per heavy atom. The van der Waals surface area contributed by atoms with E-state index in [2.05, 4.69) is 53.9 Å². The third kappa shape index (κ3) is 3.23. The Morgan fingerprint density at radius 1 is 1.20 bits per heavy atom. The molecule has 0 fully saturated rings. The molecule has 0 atom stereocenters. The fourth-order valence-electron chi connectivity index (χ4n) is 2.16. The van der Waals surface area contributed by atoms with Crippen LogP contribution in [0.4, 0.5) is 0 Å². The van der Waals surface area contributed by atoms with Gasteiger partial charge in [-0.3, -0.25) is 4.68 Å². The first-order valence-electron chi connectivity index (χ1n) is 7.15. The smallest absolute Gasteiger partial charge is 0.131 e. The van der Waals surface area contributed by atoms with Crippen LogP contribution in [0.25, 0.3) is 0 Å². The highest BCUT2D eigenvalue weighted by Gasteiger charge is 2.14. The van der Waals surface area contributed by atoms with Crippen molar-refractivity contribution in [1.29, 1.82) is 0 Å². The minimum Gasteiger partial charge on any atom is -0.487 e. The van der Waals surface area contributed by atoms with E-state index in [1.165, 1.54) is 5.56 Å². The van der Waals surface area contributed by atoms with Gasteiger partial charge in [-0.1, -0.05) is 26.0 Å². The number of aromatic nitrogens is 2. The average molecular weight is 337 g/mol. The lowest BCUT2D eigenvalue weighted by Crippen LogP contribution is -2.06. The Morgan fingerprint density at radius 3 is 2.65 bits per heavy atom. The van der Waals surface area contributed by atoms with Gasteiger partial charge < -0.3 is 4.74 Å². The van der Waals surface area contributed by atoms with Crippen LogP contribution < -0.4 is 4.74 Å². The molecule has 1 aromatic carbocycles. The molecule has 0 spiro atoms. The van der Waals surface area contributed by atoms with Crippen molar-refractivity contribution in [3.63, 3.8) is 0 Å². The van der Waals surface area contributed by atoms with Gasteiger partial charge in [-0.25, -0.2) is 0 Å². The van der Waals surface area contributed by atoms with Gasteiger partial charge >= 0.3 is 0 Å². The summed E-state index contributed by atoms with van der Waals surface area (Å²) in [6.45, 7) is 7.75. The summed E-state index contributed by atoms with van der Waals surface area (Å²) in [7, 11) is 0. The molecular formula is C16H21BrN2O. The lowest BCUT2D eigenvalue weighted by molar-refractivity contribution is 0.291. The molecule has 20 heavy (non-hydrogen) atoms. The van der Waals surface area contributed by atoms with Crippen molar-refractivity contribution in [2.45, 2.75) is 46.8 Å². The molecule has 1 heterocycles. The summed E-state index contributed by atoms with van der Waals surface area (Å²) in [5.74, 6) is 0.915. The Balaban J connectivity index is 2.15. The fourth-order valence-corrected chi connectivity index (χ4v) is 2.84. The number of ether oxygens (including phenoxy) is 1. The SMILES string of the molecule is CCc1cccc(OCc2c(Br)c(CC)nn2CC)c1. The van der Waals surface area contributed by atoms with E-state index in [1.807, 2.05) is 16.8 Å². The molecule has 0 amide bonds. The van der Waals surface area contributed by atoms with Crippen molar-refractivity contribution in [3.05, 3.63) is 45.7 Å². The van der Waals surface area contributed by atoms with E-state index in [0.717, 1.165) is 41.0 Å². The van der Waals surface area contributed by atoms with E-state index >= 15 is 0 Å². The summed E-state index contributed by atoms with van der Waals surface area (Å²) in [4.78, 5) is 0. The fraction of sp³-hybridized carbons (Fsp3) is 0.438. The van der Waals surface area contributed by atoms with E-state index < -0.39 is 0 Å². The Labute approximate surface area is 129 Å². The first kappa shape index (κ1) is 15.1. The standard InChI is InChI=1S/C16H21BrN2O/c1-4-12-8-7-9-13(10-12)20-11-15-16(17)14(5-2)18-19(15)6-3/h7-10H,4-6,11H2,1-3H3. The normalized spacial score (nSPS) is 10.8. The molecule has 4 heteroatoms. The molecule has 2 rings (SSSR count). The molecule has 0 aliphatic rings. The first-order valence-corrected chi connectivity index (χ1v) is 7.94. The Bertz CT molecular complexity index is 578. The number of aryl methyl sites for hydroxylation is 3. The maximum absolute atomic E-state index is 5.92. The lowest BCUT2D eigenvalue weighted by Gasteiger charge is -2.09. The molecule has 3 nitrogen and oxygen atoms in total. The van der Waals surface area contributed by atoms with Gasteiger partial charge in [0.05, 0.1) is 15.9 Å². The molecule has 108 valence electrons. The van der Waals surface area contributed by atoms with Gasteiger partial charge in [0.2, 0.25) is 0 Å². The van der Waals surface area contributed by atoms with E-state index in [-0.39, 0.29) is 0 Å². The van der Waals surface area contributed by atoms with Crippen LogP contribution in [0.5, 0.6) is 5.75 Å². The Hall–Kier alpha value is -1.29. The number of rotatable bonds is 6. The van der Waals surface area contributed by atoms with Crippen LogP contribution in [0.2, 0.25) is 0 Å². The highest BCUT2D eigenvalue weighted by molar-refractivity contribution is 9.10. The lowest BCUT2D eigenvalue weighted by atomic mass is 10.2. The third-order valence-electron chi connectivity index (χ3n) is 3.38. The van der Waals surface area contributed by atoms with Crippen molar-refractivity contribution in [3.8, 4) is 5.75 Å². The van der Waals surface area contributed by atoms with Gasteiger partial charge in [0.1, 0.15) is 12.4 Å². The topological polar surface area (TPSA) is 27.1 Å². The molecule has 0 aliphatic heterocycles. The molecule has 2 aromatic rings. The highest BCUT2D eigenvalue weighted by atomic mass is 79.9. The number of hydrogen-bond acceptors (Lipinski definition) is 2. The van der Waals surface area contributed by atoms with E-state index in [9.17, 15) is 0 Å². The second-order valence-corrected chi connectivity index (χ2v) is 5.46. The molecular weight excluding hydrogens is 316 g/mol. The number of halogens is 1. The number of benzene rings is 1. The quantitative estimate of drug-likeness (QED) is 0.783. The van der Waals surface area contributed by atoms with Crippen LogP contribution in [0.15, 0.2) is 28.7 Å². The zero-order valence-electron chi connectivity index (χ0n) is 12.3. The van der Waals surface area contributed by atoms with Crippen LogP contribution in [0.1, 0.15) is 37.7 Å². The highest BCUT2D eigenvalue weighted by Crippen LogP contribution is 2.24. The van der Waals surface area contributed by atoms with Gasteiger partial charge in [0.25, 0.3) is 0 Å². The molecule has 0 bridgehead atoms. The summed E-state index contributed by atoms with van der Waals surface area (Å²) in [6, 6.07) is 8.26. The molecule has 0 aliphatic carbocycles. The summed E-state index contributed by atoms with van der Waals surface area (Å²) >= 11 is 3.64. The van der Waals surface area contributed by atoms with Gasteiger partial charge in [-0.15, -0.1) is 0 Å². The summed E-state index contributed by atoms with van der Waals surface area (Å²) in [5.41, 5.74) is 3.49. The van der Waals surface area contributed by atoms with Crippen LogP contribution in [-0.2, 0) is 26.0 Å². The molecule has 0 unspecified atom stereocenters. The van der Waals surface area contributed by atoms with Crippen molar-refractivity contribution < 1.29 is 4.74 Å². The minimum atomic E-state index is 0.536. The van der Waals surface area contributed by atoms with Gasteiger partial charge in [-0.2, -0.15) is 5.10 Å². The zero-order chi connectivity index (χ0) is 14.5. The van der Waals surface area contributed by atoms with Crippen LogP contribution in [0.3, 0.4) is 0 Å². The predicted octanol–water partition coefficient (Wildman–Crippen LogP) is 4.37. The average Bonchev–Trinajstić information content (AvgIpc) is 2.81. The summed E-state index contributed by atoms with van der Waals surface area (Å²) in [5, 5.41) is 4.58. The molecule has 0 saturated carbocycles. The van der Waals surface area contributed by atoms with Crippen LogP contribution in [-0.4, -0.2) is 9.78 Å². The predicted molar refractivity (Wildman–Crippen MR) is 85.1 cm³/mol. The molecule has 1 aromatic heterocycles. The monoisotopic (exact) mass is 336 g/mol. The largest absolute Gasteiger partial charge is 0.487 e. The zero-order valence-corrected chi connectivity index (χ0v) is 13.9. The van der Waals surface area contributed by atoms with E-state index in [4.69, 9.17) is 4.74 Å². The molecule has 0 saturated heterocycles. The van der Waals surface area contributed by atoms with Crippen molar-refractivity contribution in [2.75, 3.05) is 0 Å². The van der Waals surface area contributed by atoms with Gasteiger partial charge in [0, 0.05) is 6.54 Å². The van der Waals surface area contributed by atoms with Crippen LogP contribution in [0, 0.1) is 0 Å². The number of nitrogens with zero attached hydrogens (tertiary/aromatic N) is 2. The second-order valence-electron chi connectivity index (χ2n) is 4.67. The van der Waals surface area contributed by atoms with Gasteiger partial charge in [-0.05, 0) is 53.4 Å². The summed E-state index contributed by atoms with van der Waals surface area (Å²) in [6.07, 6.45) is 1.94. The maximum atomic E-state index is 5.92. The minimum absolute atomic E-state index is 0.536. The summed E-state index contributed by atoms with van der Waals surface area (Å²) < 4.78 is 9.01. The Kier molecular flexibility index (Phi) is 5.24. The molecule has 0 N–H and O–H groups in total. The molecule has 0 radical (unpaired) electrons. The second kappa shape index (κ2) is 6.93. The van der Waals surface area contributed by atoms with Crippen molar-refractivity contribution >= 4 is 15.9 Å². The number of hydrogen-bond donors (Lipinski definition) is 0. The van der Waals surface area contributed by atoms with Crippen LogP contribution >= 0.6 is 15.9 Å². The van der Waals surface area contributed by atoms with E-state index in [1.54, 1.807) is 0 Å². The first-order chi connectivity index (χ1) is 9.69. The van der Waals surface area contributed by atoms with Crippen molar-refractivity contribution in [2.24, 2.45) is 0 Å². The van der Waals surface area contributed by atoms with E-state index in [0.29, 0.717) is 6.61 Å². The third-order valence-corrected chi connectivity index (χ3v) is 4.29. The van der Waals surface area contributed by atoms with Crippen molar-refractivity contribution in [1.82, 2.24) is 9.78 Å². The van der Waals surface area contributed by atoms with Gasteiger partial charge in [0.15, 0.2) is 0 Å². The maximum Gasteiger partial charge on any atom is 0.131 e.